The monoisotopic (exact) mass is 323 g/mol. The SMILES string of the molecule is C=CCNC(=O)c1ccc(N2CCN(c3ccccn3)CC2)cn1. The lowest BCUT2D eigenvalue weighted by Crippen LogP contribution is -2.46. The summed E-state index contributed by atoms with van der Waals surface area (Å²) in [6.07, 6.45) is 5.23. The molecule has 1 aliphatic rings. The van der Waals surface area contributed by atoms with Crippen molar-refractivity contribution in [2.75, 3.05) is 42.5 Å². The molecule has 1 N–H and O–H groups in total. The molecule has 6 nitrogen and oxygen atoms in total. The van der Waals surface area contributed by atoms with E-state index in [0.717, 1.165) is 37.7 Å². The van der Waals surface area contributed by atoms with Crippen molar-refractivity contribution in [3.63, 3.8) is 0 Å². The van der Waals surface area contributed by atoms with Gasteiger partial charge in [0.1, 0.15) is 11.5 Å². The molecule has 6 heteroatoms. The number of aromatic nitrogens is 2. The van der Waals surface area contributed by atoms with Crippen LogP contribution in [0.3, 0.4) is 0 Å². The highest BCUT2D eigenvalue weighted by atomic mass is 16.1. The molecule has 1 fully saturated rings. The quantitative estimate of drug-likeness (QED) is 0.849. The van der Waals surface area contributed by atoms with Gasteiger partial charge in [-0.25, -0.2) is 9.97 Å². The summed E-state index contributed by atoms with van der Waals surface area (Å²) in [7, 11) is 0. The van der Waals surface area contributed by atoms with Crippen molar-refractivity contribution in [1.29, 1.82) is 0 Å². The van der Waals surface area contributed by atoms with Gasteiger partial charge in [0.15, 0.2) is 0 Å². The van der Waals surface area contributed by atoms with Gasteiger partial charge in [-0.1, -0.05) is 12.1 Å². The Morgan fingerprint density at radius 2 is 1.92 bits per heavy atom. The molecule has 2 aromatic heterocycles. The number of nitrogens with one attached hydrogen (secondary N) is 1. The number of nitrogens with zero attached hydrogens (tertiary/aromatic N) is 4. The highest BCUT2D eigenvalue weighted by Crippen LogP contribution is 2.18. The first-order valence-electron chi connectivity index (χ1n) is 8.04. The van der Waals surface area contributed by atoms with Crippen LogP contribution in [-0.2, 0) is 0 Å². The lowest BCUT2D eigenvalue weighted by molar-refractivity contribution is 0.0953. The third kappa shape index (κ3) is 3.71. The third-order valence-electron chi connectivity index (χ3n) is 4.01. The third-order valence-corrected chi connectivity index (χ3v) is 4.01. The fraction of sp³-hybridized carbons (Fsp3) is 0.278. The van der Waals surface area contributed by atoms with E-state index in [0.29, 0.717) is 12.2 Å². The summed E-state index contributed by atoms with van der Waals surface area (Å²) in [6, 6.07) is 9.69. The van der Waals surface area contributed by atoms with Gasteiger partial charge >= 0.3 is 0 Å². The highest BCUT2D eigenvalue weighted by Gasteiger charge is 2.18. The maximum Gasteiger partial charge on any atom is 0.270 e. The minimum absolute atomic E-state index is 0.179. The van der Waals surface area contributed by atoms with E-state index in [-0.39, 0.29) is 5.91 Å². The maximum absolute atomic E-state index is 11.8. The smallest absolute Gasteiger partial charge is 0.270 e. The minimum atomic E-state index is -0.179. The summed E-state index contributed by atoms with van der Waals surface area (Å²) in [6.45, 7) is 7.66. The number of anilines is 2. The number of pyridine rings is 2. The Morgan fingerprint density at radius 3 is 2.54 bits per heavy atom. The van der Waals surface area contributed by atoms with Gasteiger partial charge in [0.05, 0.1) is 11.9 Å². The number of hydrogen-bond acceptors (Lipinski definition) is 5. The number of carbonyl (C=O) groups is 1. The average Bonchev–Trinajstić information content (AvgIpc) is 2.67. The zero-order valence-electron chi connectivity index (χ0n) is 13.6. The molecule has 0 aliphatic carbocycles. The van der Waals surface area contributed by atoms with Gasteiger partial charge in [0, 0.05) is 38.9 Å². The van der Waals surface area contributed by atoms with Gasteiger partial charge in [-0.2, -0.15) is 0 Å². The number of hydrogen-bond donors (Lipinski definition) is 1. The summed E-state index contributed by atoms with van der Waals surface area (Å²) in [5.74, 6) is 0.839. The van der Waals surface area contributed by atoms with Crippen LogP contribution in [0, 0.1) is 0 Å². The van der Waals surface area contributed by atoms with E-state index >= 15 is 0 Å². The number of amides is 1. The van der Waals surface area contributed by atoms with Gasteiger partial charge in [0.25, 0.3) is 5.91 Å². The molecule has 0 spiro atoms. The van der Waals surface area contributed by atoms with Crippen molar-refractivity contribution in [3.05, 3.63) is 61.1 Å². The maximum atomic E-state index is 11.8. The van der Waals surface area contributed by atoms with Gasteiger partial charge in [-0.3, -0.25) is 4.79 Å². The highest BCUT2D eigenvalue weighted by molar-refractivity contribution is 5.92. The molecule has 124 valence electrons. The molecule has 0 bridgehead atoms. The van der Waals surface area contributed by atoms with E-state index in [1.807, 2.05) is 30.5 Å². The largest absolute Gasteiger partial charge is 0.367 e. The van der Waals surface area contributed by atoms with E-state index in [2.05, 4.69) is 31.7 Å². The first-order valence-corrected chi connectivity index (χ1v) is 8.04. The Morgan fingerprint density at radius 1 is 1.12 bits per heavy atom. The van der Waals surface area contributed by atoms with Crippen molar-refractivity contribution in [3.8, 4) is 0 Å². The second-order valence-corrected chi connectivity index (χ2v) is 5.56. The Bertz CT molecular complexity index is 678. The molecule has 3 heterocycles. The van der Waals surface area contributed by atoms with Crippen molar-refractivity contribution >= 4 is 17.4 Å². The van der Waals surface area contributed by atoms with E-state index < -0.39 is 0 Å². The Balaban J connectivity index is 1.58. The molecule has 0 atom stereocenters. The summed E-state index contributed by atoms with van der Waals surface area (Å²) in [5.41, 5.74) is 1.46. The van der Waals surface area contributed by atoms with Crippen LogP contribution < -0.4 is 15.1 Å². The van der Waals surface area contributed by atoms with E-state index in [4.69, 9.17) is 0 Å². The Hall–Kier alpha value is -2.89. The van der Waals surface area contributed by atoms with Crippen LogP contribution in [0.15, 0.2) is 55.4 Å². The minimum Gasteiger partial charge on any atom is -0.367 e. The standard InChI is InChI=1S/C18H21N5O/c1-2-8-20-18(24)16-7-6-15(14-21-16)22-10-12-23(13-11-22)17-5-3-4-9-19-17/h2-7,9,14H,1,8,10-13H2,(H,20,24). The van der Waals surface area contributed by atoms with Gasteiger partial charge in [-0.15, -0.1) is 6.58 Å². The molecule has 0 unspecified atom stereocenters. The Kier molecular flexibility index (Phi) is 5.05. The molecule has 1 amide bonds. The van der Waals surface area contributed by atoms with Gasteiger partial charge in [0.2, 0.25) is 0 Å². The van der Waals surface area contributed by atoms with E-state index in [1.54, 1.807) is 18.3 Å². The average molecular weight is 323 g/mol. The topological polar surface area (TPSA) is 61.4 Å². The van der Waals surface area contributed by atoms with Crippen molar-refractivity contribution in [2.24, 2.45) is 0 Å². The zero-order valence-corrected chi connectivity index (χ0v) is 13.6. The molecular weight excluding hydrogens is 302 g/mol. The second-order valence-electron chi connectivity index (χ2n) is 5.56. The van der Waals surface area contributed by atoms with Crippen LogP contribution in [0.2, 0.25) is 0 Å². The number of piperazine rings is 1. The van der Waals surface area contributed by atoms with Crippen molar-refractivity contribution in [2.45, 2.75) is 0 Å². The molecule has 1 aliphatic heterocycles. The van der Waals surface area contributed by atoms with Crippen LogP contribution in [-0.4, -0.2) is 48.6 Å². The van der Waals surface area contributed by atoms with E-state index in [9.17, 15) is 4.79 Å². The predicted molar refractivity (Wildman–Crippen MR) is 95.4 cm³/mol. The zero-order chi connectivity index (χ0) is 16.8. The summed E-state index contributed by atoms with van der Waals surface area (Å²) in [5, 5.41) is 2.72. The second kappa shape index (κ2) is 7.59. The summed E-state index contributed by atoms with van der Waals surface area (Å²) < 4.78 is 0. The summed E-state index contributed by atoms with van der Waals surface area (Å²) in [4.78, 5) is 25.1. The molecular formula is C18H21N5O. The van der Waals surface area contributed by atoms with Crippen LogP contribution in [0.1, 0.15) is 10.5 Å². The van der Waals surface area contributed by atoms with Crippen LogP contribution in [0.4, 0.5) is 11.5 Å². The Labute approximate surface area is 141 Å². The summed E-state index contributed by atoms with van der Waals surface area (Å²) >= 11 is 0. The van der Waals surface area contributed by atoms with E-state index in [1.165, 1.54) is 0 Å². The fourth-order valence-corrected chi connectivity index (χ4v) is 2.70. The molecule has 0 aromatic carbocycles. The molecule has 3 rings (SSSR count). The van der Waals surface area contributed by atoms with Gasteiger partial charge in [-0.05, 0) is 24.3 Å². The molecule has 24 heavy (non-hydrogen) atoms. The van der Waals surface area contributed by atoms with Crippen molar-refractivity contribution in [1.82, 2.24) is 15.3 Å². The molecule has 2 aromatic rings. The van der Waals surface area contributed by atoms with Gasteiger partial charge < -0.3 is 15.1 Å². The lowest BCUT2D eigenvalue weighted by atomic mass is 10.2. The van der Waals surface area contributed by atoms with Crippen LogP contribution in [0.5, 0.6) is 0 Å². The number of rotatable bonds is 5. The van der Waals surface area contributed by atoms with Crippen LogP contribution in [0.25, 0.3) is 0 Å². The predicted octanol–water partition coefficient (Wildman–Crippen LogP) is 1.72. The first kappa shape index (κ1) is 16.0. The normalized spacial score (nSPS) is 14.3. The molecule has 0 radical (unpaired) electrons. The number of carbonyl (C=O) groups excluding carboxylic acids is 1. The first-order chi connectivity index (χ1) is 11.8. The molecule has 0 saturated carbocycles. The lowest BCUT2D eigenvalue weighted by Gasteiger charge is -2.36. The molecule has 1 saturated heterocycles. The van der Waals surface area contributed by atoms with Crippen molar-refractivity contribution < 1.29 is 4.79 Å². The fourth-order valence-electron chi connectivity index (χ4n) is 2.70. The van der Waals surface area contributed by atoms with Crippen LogP contribution >= 0.6 is 0 Å².